The minimum Gasteiger partial charge on any atom is -0.497 e. The first kappa shape index (κ1) is 16.6. The summed E-state index contributed by atoms with van der Waals surface area (Å²) in [5.41, 5.74) is 8.04. The van der Waals surface area contributed by atoms with Crippen LogP contribution >= 0.6 is 0 Å². The summed E-state index contributed by atoms with van der Waals surface area (Å²) in [6, 6.07) is 13.3. The number of nitrogens with two attached hydrogens (primary N) is 1. The molecule has 8 heteroatoms. The first-order valence-electron chi connectivity index (χ1n) is 7.61. The van der Waals surface area contributed by atoms with Gasteiger partial charge >= 0.3 is 0 Å². The largest absolute Gasteiger partial charge is 0.497 e. The second-order valence-corrected chi connectivity index (χ2v) is 5.49. The molecule has 1 aromatic heterocycles. The van der Waals surface area contributed by atoms with Gasteiger partial charge in [-0.25, -0.2) is 4.98 Å². The normalized spacial score (nSPS) is 11.9. The summed E-state index contributed by atoms with van der Waals surface area (Å²) in [7, 11) is 1.61. The van der Waals surface area contributed by atoms with E-state index >= 15 is 0 Å². The number of hydrogen-bond acceptors (Lipinski definition) is 6. The van der Waals surface area contributed by atoms with E-state index in [0.29, 0.717) is 18.1 Å². The van der Waals surface area contributed by atoms with Gasteiger partial charge in [0.05, 0.1) is 18.1 Å². The van der Waals surface area contributed by atoms with Gasteiger partial charge in [0.2, 0.25) is 0 Å². The molecule has 0 saturated carbocycles. The van der Waals surface area contributed by atoms with Crippen LogP contribution in [0.2, 0.25) is 0 Å². The lowest BCUT2D eigenvalue weighted by Gasteiger charge is -2.08. The van der Waals surface area contributed by atoms with E-state index in [2.05, 4.69) is 15.2 Å². The second kappa shape index (κ2) is 7.10. The number of H-pyrrole nitrogens is 1. The number of nitrogens with zero attached hydrogens (tertiary/aromatic N) is 3. The zero-order valence-corrected chi connectivity index (χ0v) is 13.5. The van der Waals surface area contributed by atoms with E-state index in [1.54, 1.807) is 19.2 Å². The molecule has 3 aromatic rings. The van der Waals surface area contributed by atoms with Crippen LogP contribution in [0.5, 0.6) is 5.75 Å². The van der Waals surface area contributed by atoms with Crippen LogP contribution in [0.3, 0.4) is 0 Å². The van der Waals surface area contributed by atoms with Crippen LogP contribution in [0.1, 0.15) is 28.8 Å². The van der Waals surface area contributed by atoms with Crippen molar-refractivity contribution in [1.82, 2.24) is 15.2 Å². The third kappa shape index (κ3) is 3.81. The minimum atomic E-state index is -0.451. The molecule has 0 bridgehead atoms. The van der Waals surface area contributed by atoms with E-state index in [-0.39, 0.29) is 5.69 Å². The maximum absolute atomic E-state index is 10.7. The third-order valence-electron chi connectivity index (χ3n) is 3.82. The number of benzene rings is 2. The van der Waals surface area contributed by atoms with Crippen LogP contribution in [-0.4, -0.2) is 27.2 Å². The second-order valence-electron chi connectivity index (χ2n) is 5.49. The average molecular weight is 339 g/mol. The molecule has 128 valence electrons. The fourth-order valence-electron chi connectivity index (χ4n) is 2.42. The predicted molar refractivity (Wildman–Crippen MR) is 91.3 cm³/mol. The average Bonchev–Trinajstić information content (AvgIpc) is 3.10. The molecule has 25 heavy (non-hydrogen) atoms. The van der Waals surface area contributed by atoms with Crippen molar-refractivity contribution in [3.63, 3.8) is 0 Å². The summed E-state index contributed by atoms with van der Waals surface area (Å²) < 4.78 is 5.13. The topological polar surface area (TPSA) is 120 Å². The summed E-state index contributed by atoms with van der Waals surface area (Å²) in [6.45, 7) is 0. The number of rotatable bonds is 6. The van der Waals surface area contributed by atoms with Crippen molar-refractivity contribution in [2.24, 2.45) is 5.73 Å². The van der Waals surface area contributed by atoms with Gasteiger partial charge in [0, 0.05) is 18.6 Å². The van der Waals surface area contributed by atoms with E-state index in [4.69, 9.17) is 10.5 Å². The Labute approximate surface area is 143 Å². The van der Waals surface area contributed by atoms with Crippen LogP contribution in [0.4, 0.5) is 5.69 Å². The molecule has 1 atom stereocenters. The number of nitro groups is 1. The molecule has 3 rings (SSSR count). The number of nitro benzene ring substituents is 1. The van der Waals surface area contributed by atoms with Gasteiger partial charge < -0.3 is 10.5 Å². The van der Waals surface area contributed by atoms with Gasteiger partial charge in [-0.2, -0.15) is 5.10 Å². The number of non-ortho nitro benzene ring substituents is 1. The summed E-state index contributed by atoms with van der Waals surface area (Å²) in [4.78, 5) is 14.7. The number of hydrogen-bond donors (Lipinski definition) is 2. The Morgan fingerprint density at radius 2 is 1.88 bits per heavy atom. The van der Waals surface area contributed by atoms with Crippen LogP contribution in [0, 0.1) is 10.1 Å². The molecule has 8 nitrogen and oxygen atoms in total. The minimum absolute atomic E-state index is 0.0588. The zero-order chi connectivity index (χ0) is 17.8. The molecule has 0 aliphatic heterocycles. The Balaban J connectivity index is 1.71. The number of aromatic amines is 1. The summed E-state index contributed by atoms with van der Waals surface area (Å²) in [6.07, 6.45) is 0.486. The number of ether oxygens (including phenoxy) is 1. The van der Waals surface area contributed by atoms with Crippen molar-refractivity contribution in [2.75, 3.05) is 7.11 Å². The quantitative estimate of drug-likeness (QED) is 0.525. The van der Waals surface area contributed by atoms with Crippen molar-refractivity contribution in [1.29, 1.82) is 0 Å². The lowest BCUT2D eigenvalue weighted by Crippen LogP contribution is -2.13. The highest BCUT2D eigenvalue weighted by Crippen LogP contribution is 2.20. The van der Waals surface area contributed by atoms with Crippen molar-refractivity contribution >= 4 is 5.69 Å². The SMILES string of the molecule is COc1ccc([C@H](N)c2n[nH]c(Cc3ccc([N+](=O)[O-])cc3)n2)cc1. The van der Waals surface area contributed by atoms with Gasteiger partial charge in [0.1, 0.15) is 11.6 Å². The van der Waals surface area contributed by atoms with Crippen molar-refractivity contribution in [2.45, 2.75) is 12.5 Å². The van der Waals surface area contributed by atoms with Crippen LogP contribution in [-0.2, 0) is 6.42 Å². The first-order valence-corrected chi connectivity index (χ1v) is 7.61. The Morgan fingerprint density at radius 3 is 2.48 bits per heavy atom. The number of aromatic nitrogens is 3. The molecular formula is C17H17N5O3. The Morgan fingerprint density at radius 1 is 1.20 bits per heavy atom. The molecule has 0 aliphatic rings. The molecule has 0 radical (unpaired) electrons. The predicted octanol–water partition coefficient (Wildman–Crippen LogP) is 2.36. The summed E-state index contributed by atoms with van der Waals surface area (Å²) >= 11 is 0. The molecule has 0 saturated heterocycles. The molecule has 0 aliphatic carbocycles. The maximum Gasteiger partial charge on any atom is 0.269 e. The molecule has 2 aromatic carbocycles. The first-order chi connectivity index (χ1) is 12.1. The molecule has 0 fully saturated rings. The van der Waals surface area contributed by atoms with Gasteiger partial charge in [-0.15, -0.1) is 0 Å². The Hall–Kier alpha value is -3.26. The fraction of sp³-hybridized carbons (Fsp3) is 0.176. The van der Waals surface area contributed by atoms with E-state index in [1.165, 1.54) is 12.1 Å². The Bertz CT molecular complexity index is 859. The molecule has 0 spiro atoms. The fourth-order valence-corrected chi connectivity index (χ4v) is 2.42. The van der Waals surface area contributed by atoms with Crippen LogP contribution in [0.15, 0.2) is 48.5 Å². The standard InChI is InChI=1S/C17H17N5O3/c1-25-14-8-4-12(5-9-14)16(18)17-19-15(20-21-17)10-11-2-6-13(7-3-11)22(23)24/h2-9,16H,10,18H2,1H3,(H,19,20,21)/t16-/m0/s1. The molecule has 0 unspecified atom stereocenters. The molecule has 1 heterocycles. The smallest absolute Gasteiger partial charge is 0.269 e. The highest BCUT2D eigenvalue weighted by atomic mass is 16.6. The number of methoxy groups -OCH3 is 1. The van der Waals surface area contributed by atoms with Crippen LogP contribution in [0.25, 0.3) is 0 Å². The Kier molecular flexibility index (Phi) is 4.71. The number of nitrogens with one attached hydrogen (secondary N) is 1. The van der Waals surface area contributed by atoms with Gasteiger partial charge in [-0.05, 0) is 23.3 Å². The molecule has 3 N–H and O–H groups in total. The van der Waals surface area contributed by atoms with Gasteiger partial charge in [-0.1, -0.05) is 24.3 Å². The highest BCUT2D eigenvalue weighted by Gasteiger charge is 2.15. The molecule has 0 amide bonds. The monoisotopic (exact) mass is 339 g/mol. The van der Waals surface area contributed by atoms with Gasteiger partial charge in [0.25, 0.3) is 5.69 Å². The summed E-state index contributed by atoms with van der Waals surface area (Å²) in [5, 5.41) is 17.7. The van der Waals surface area contributed by atoms with Crippen LogP contribution < -0.4 is 10.5 Å². The van der Waals surface area contributed by atoms with E-state index in [0.717, 1.165) is 16.9 Å². The zero-order valence-electron chi connectivity index (χ0n) is 13.5. The van der Waals surface area contributed by atoms with E-state index < -0.39 is 11.0 Å². The van der Waals surface area contributed by atoms with Crippen molar-refractivity contribution < 1.29 is 9.66 Å². The van der Waals surface area contributed by atoms with E-state index in [1.807, 2.05) is 24.3 Å². The lowest BCUT2D eigenvalue weighted by molar-refractivity contribution is -0.384. The van der Waals surface area contributed by atoms with Gasteiger partial charge in [-0.3, -0.25) is 15.2 Å². The van der Waals surface area contributed by atoms with Crippen molar-refractivity contribution in [3.05, 3.63) is 81.4 Å². The molecular weight excluding hydrogens is 322 g/mol. The maximum atomic E-state index is 10.7. The van der Waals surface area contributed by atoms with Crippen molar-refractivity contribution in [3.8, 4) is 5.75 Å². The lowest BCUT2D eigenvalue weighted by atomic mass is 10.1. The third-order valence-corrected chi connectivity index (χ3v) is 3.82. The summed E-state index contributed by atoms with van der Waals surface area (Å²) in [5.74, 6) is 1.89. The van der Waals surface area contributed by atoms with Gasteiger partial charge in [0.15, 0.2) is 5.82 Å². The highest BCUT2D eigenvalue weighted by molar-refractivity contribution is 5.34. The van der Waals surface area contributed by atoms with E-state index in [9.17, 15) is 10.1 Å².